The maximum atomic E-state index is 4.72. The number of hydrogen-bond donors (Lipinski definition) is 1. The number of aromatic nitrogens is 3. The maximum Gasteiger partial charge on any atom is 0.180 e. The Hall–Kier alpha value is -1.82. The summed E-state index contributed by atoms with van der Waals surface area (Å²) in [6, 6.07) is 0. The van der Waals surface area contributed by atoms with Crippen LogP contribution in [-0.4, -0.2) is 59.0 Å². The van der Waals surface area contributed by atoms with Crippen LogP contribution in [0.15, 0.2) is 18.6 Å². The minimum atomic E-state index is 0.865. The third-order valence-corrected chi connectivity index (χ3v) is 4.03. The van der Waals surface area contributed by atoms with E-state index in [4.69, 9.17) is 4.98 Å². The van der Waals surface area contributed by atoms with Crippen LogP contribution < -0.4 is 10.2 Å². The summed E-state index contributed by atoms with van der Waals surface area (Å²) in [7, 11) is 2.10. The van der Waals surface area contributed by atoms with Crippen molar-refractivity contribution >= 4 is 17.3 Å². The lowest BCUT2D eigenvalue weighted by Crippen LogP contribution is -2.32. The number of anilines is 2. The molecular formula is C15H24N6. The van der Waals surface area contributed by atoms with Crippen LogP contribution in [0.2, 0.25) is 0 Å². The van der Waals surface area contributed by atoms with Gasteiger partial charge < -0.3 is 19.5 Å². The molecule has 0 aliphatic carbocycles. The van der Waals surface area contributed by atoms with E-state index < -0.39 is 0 Å². The number of likely N-dealkylation sites (tertiary alicyclic amines) is 1. The number of fused-ring (bicyclic) bond motifs is 1. The summed E-state index contributed by atoms with van der Waals surface area (Å²) in [5.41, 5.74) is 0.917. The Balaban J connectivity index is 1.78. The lowest BCUT2D eigenvalue weighted by atomic mass is 10.4. The fraction of sp³-hybridized carbons (Fsp3) is 0.600. The van der Waals surface area contributed by atoms with E-state index in [2.05, 4.69) is 34.1 Å². The van der Waals surface area contributed by atoms with E-state index in [9.17, 15) is 0 Å². The lowest BCUT2D eigenvalue weighted by molar-refractivity contribution is 0.346. The molecule has 1 saturated heterocycles. The zero-order chi connectivity index (χ0) is 14.7. The van der Waals surface area contributed by atoms with Crippen LogP contribution in [-0.2, 0) is 0 Å². The van der Waals surface area contributed by atoms with Gasteiger partial charge in [0.05, 0.1) is 6.20 Å². The third-order valence-electron chi connectivity index (χ3n) is 4.03. The van der Waals surface area contributed by atoms with Gasteiger partial charge in [0.2, 0.25) is 0 Å². The fourth-order valence-corrected chi connectivity index (χ4v) is 2.84. The van der Waals surface area contributed by atoms with Gasteiger partial charge in [-0.1, -0.05) is 0 Å². The Morgan fingerprint density at radius 1 is 1.33 bits per heavy atom. The molecule has 6 heteroatoms. The number of likely N-dealkylation sites (N-methyl/N-ethyl adjacent to an activating group) is 1. The highest BCUT2D eigenvalue weighted by Gasteiger charge is 2.15. The number of rotatable bonds is 6. The average Bonchev–Trinajstić information content (AvgIpc) is 3.15. The minimum Gasteiger partial charge on any atom is -0.369 e. The molecule has 0 aromatic carbocycles. The molecule has 21 heavy (non-hydrogen) atoms. The van der Waals surface area contributed by atoms with Gasteiger partial charge in [-0.25, -0.2) is 9.97 Å². The minimum absolute atomic E-state index is 0.865. The van der Waals surface area contributed by atoms with E-state index >= 15 is 0 Å². The first kappa shape index (κ1) is 14.1. The van der Waals surface area contributed by atoms with Gasteiger partial charge in [0.15, 0.2) is 11.5 Å². The second-order valence-corrected chi connectivity index (χ2v) is 5.61. The van der Waals surface area contributed by atoms with Crippen LogP contribution >= 0.6 is 0 Å². The Bertz CT molecular complexity index is 587. The Morgan fingerprint density at radius 3 is 2.90 bits per heavy atom. The van der Waals surface area contributed by atoms with Crippen molar-refractivity contribution in [1.29, 1.82) is 0 Å². The molecule has 2 aromatic heterocycles. The van der Waals surface area contributed by atoms with E-state index in [0.717, 1.165) is 36.9 Å². The zero-order valence-electron chi connectivity index (χ0n) is 12.9. The van der Waals surface area contributed by atoms with Gasteiger partial charge >= 0.3 is 0 Å². The van der Waals surface area contributed by atoms with Crippen molar-refractivity contribution < 1.29 is 0 Å². The monoisotopic (exact) mass is 288 g/mol. The van der Waals surface area contributed by atoms with Gasteiger partial charge in [0.1, 0.15) is 5.82 Å². The molecule has 3 heterocycles. The van der Waals surface area contributed by atoms with Crippen LogP contribution in [0.4, 0.5) is 11.6 Å². The third kappa shape index (κ3) is 3.10. The quantitative estimate of drug-likeness (QED) is 0.876. The van der Waals surface area contributed by atoms with Crippen molar-refractivity contribution in [3.8, 4) is 0 Å². The van der Waals surface area contributed by atoms with Gasteiger partial charge in [-0.2, -0.15) is 0 Å². The molecule has 1 fully saturated rings. The molecule has 0 bridgehead atoms. The van der Waals surface area contributed by atoms with Gasteiger partial charge in [0, 0.05) is 39.1 Å². The van der Waals surface area contributed by atoms with Crippen molar-refractivity contribution in [3.05, 3.63) is 18.6 Å². The van der Waals surface area contributed by atoms with E-state index in [1.54, 1.807) is 0 Å². The first-order chi connectivity index (χ1) is 10.3. The van der Waals surface area contributed by atoms with Crippen LogP contribution in [0.3, 0.4) is 0 Å². The van der Waals surface area contributed by atoms with Gasteiger partial charge in [-0.15, -0.1) is 0 Å². The second kappa shape index (κ2) is 6.30. The fourth-order valence-electron chi connectivity index (χ4n) is 2.84. The van der Waals surface area contributed by atoms with Crippen LogP contribution in [0.5, 0.6) is 0 Å². The number of hydrogen-bond acceptors (Lipinski definition) is 5. The predicted molar refractivity (Wildman–Crippen MR) is 86.1 cm³/mol. The summed E-state index contributed by atoms with van der Waals surface area (Å²) in [5, 5.41) is 3.29. The Labute approximate surface area is 125 Å². The lowest BCUT2D eigenvalue weighted by Gasteiger charge is -2.23. The van der Waals surface area contributed by atoms with Gasteiger partial charge in [-0.3, -0.25) is 0 Å². The standard InChI is InChI=1S/C15H24N6/c1-3-16-13-12-21-9-6-17-14(21)15(18-13)19(2)10-11-20-7-4-5-8-20/h6,9,12,16H,3-5,7-8,10-11H2,1-2H3. The van der Waals surface area contributed by atoms with Crippen LogP contribution in [0.25, 0.3) is 5.65 Å². The summed E-state index contributed by atoms with van der Waals surface area (Å²) < 4.78 is 2.03. The highest BCUT2D eigenvalue weighted by molar-refractivity contribution is 5.66. The molecule has 0 radical (unpaired) electrons. The van der Waals surface area contributed by atoms with E-state index in [1.165, 1.54) is 25.9 Å². The SMILES string of the molecule is CCNc1cn2ccnc2c(N(C)CCN2CCCC2)n1. The summed E-state index contributed by atoms with van der Waals surface area (Å²) in [4.78, 5) is 13.9. The maximum absolute atomic E-state index is 4.72. The highest BCUT2D eigenvalue weighted by Crippen LogP contribution is 2.19. The molecular weight excluding hydrogens is 264 g/mol. The molecule has 0 spiro atoms. The molecule has 0 atom stereocenters. The van der Waals surface area contributed by atoms with Crippen molar-refractivity contribution in [3.63, 3.8) is 0 Å². The zero-order valence-corrected chi connectivity index (χ0v) is 12.9. The van der Waals surface area contributed by atoms with Crippen LogP contribution in [0.1, 0.15) is 19.8 Å². The first-order valence-electron chi connectivity index (χ1n) is 7.79. The number of imidazole rings is 1. The summed E-state index contributed by atoms with van der Waals surface area (Å²) in [6.07, 6.45) is 8.45. The van der Waals surface area contributed by atoms with Crippen molar-refractivity contribution in [1.82, 2.24) is 19.3 Å². The normalized spacial score (nSPS) is 15.7. The Kier molecular flexibility index (Phi) is 4.24. The first-order valence-corrected chi connectivity index (χ1v) is 7.79. The molecule has 114 valence electrons. The predicted octanol–water partition coefficient (Wildman–Crippen LogP) is 1.69. The van der Waals surface area contributed by atoms with Crippen LogP contribution in [0, 0.1) is 0 Å². The number of nitrogens with one attached hydrogen (secondary N) is 1. The molecule has 6 nitrogen and oxygen atoms in total. The molecule has 0 saturated carbocycles. The summed E-state index contributed by atoms with van der Waals surface area (Å²) in [5.74, 6) is 1.84. The molecule has 1 aliphatic rings. The largest absolute Gasteiger partial charge is 0.369 e. The topological polar surface area (TPSA) is 48.7 Å². The highest BCUT2D eigenvalue weighted by atomic mass is 15.2. The van der Waals surface area contributed by atoms with E-state index in [0.29, 0.717) is 0 Å². The summed E-state index contributed by atoms with van der Waals surface area (Å²) >= 11 is 0. The van der Waals surface area contributed by atoms with Gasteiger partial charge in [-0.05, 0) is 32.9 Å². The van der Waals surface area contributed by atoms with Gasteiger partial charge in [0.25, 0.3) is 0 Å². The molecule has 3 rings (SSSR count). The Morgan fingerprint density at radius 2 is 2.14 bits per heavy atom. The molecule has 2 aromatic rings. The molecule has 0 unspecified atom stereocenters. The van der Waals surface area contributed by atoms with E-state index in [1.807, 2.05) is 23.0 Å². The molecule has 1 aliphatic heterocycles. The smallest absolute Gasteiger partial charge is 0.180 e. The van der Waals surface area contributed by atoms with Crippen molar-refractivity contribution in [2.75, 3.05) is 50.0 Å². The molecule has 1 N–H and O–H groups in total. The number of nitrogens with zero attached hydrogens (tertiary/aromatic N) is 5. The molecule has 0 amide bonds. The van der Waals surface area contributed by atoms with Crippen molar-refractivity contribution in [2.45, 2.75) is 19.8 Å². The second-order valence-electron chi connectivity index (χ2n) is 5.61. The van der Waals surface area contributed by atoms with Crippen molar-refractivity contribution in [2.24, 2.45) is 0 Å². The van der Waals surface area contributed by atoms with E-state index in [-0.39, 0.29) is 0 Å². The average molecular weight is 288 g/mol. The summed E-state index contributed by atoms with van der Waals surface area (Å²) in [6.45, 7) is 7.48.